The SMILES string of the molecule is CC(=O)NCCSSCCNC(=O)C1CCC(NC(=O)c2nccnc2C(=O)O)CC1. The molecule has 1 saturated carbocycles. The van der Waals surface area contributed by atoms with Crippen LogP contribution in [-0.2, 0) is 9.59 Å². The summed E-state index contributed by atoms with van der Waals surface area (Å²) in [5, 5.41) is 17.6. The lowest BCUT2D eigenvalue weighted by Crippen LogP contribution is -2.41. The van der Waals surface area contributed by atoms with Crippen LogP contribution in [0.4, 0.5) is 0 Å². The van der Waals surface area contributed by atoms with Crippen molar-refractivity contribution in [3.63, 3.8) is 0 Å². The number of hydrogen-bond acceptors (Lipinski definition) is 8. The van der Waals surface area contributed by atoms with Crippen LogP contribution in [0, 0.1) is 5.92 Å². The van der Waals surface area contributed by atoms with Crippen molar-refractivity contribution in [1.82, 2.24) is 25.9 Å². The van der Waals surface area contributed by atoms with E-state index in [2.05, 4.69) is 25.9 Å². The van der Waals surface area contributed by atoms with E-state index < -0.39 is 11.9 Å². The van der Waals surface area contributed by atoms with Gasteiger partial charge in [0.1, 0.15) is 0 Å². The number of rotatable bonds is 11. The summed E-state index contributed by atoms with van der Waals surface area (Å²) >= 11 is 0. The van der Waals surface area contributed by atoms with Crippen molar-refractivity contribution < 1.29 is 24.3 Å². The van der Waals surface area contributed by atoms with Gasteiger partial charge in [-0.15, -0.1) is 0 Å². The minimum atomic E-state index is -1.30. The smallest absolute Gasteiger partial charge is 0.356 e. The lowest BCUT2D eigenvalue weighted by atomic mass is 9.85. The zero-order chi connectivity index (χ0) is 22.6. The Bertz CT molecular complexity index is 787. The number of carbonyl (C=O) groups is 4. The highest BCUT2D eigenvalue weighted by atomic mass is 33.1. The fraction of sp³-hybridized carbons (Fsp3) is 0.579. The van der Waals surface area contributed by atoms with E-state index in [4.69, 9.17) is 5.11 Å². The maximum Gasteiger partial charge on any atom is 0.356 e. The van der Waals surface area contributed by atoms with Crippen molar-refractivity contribution in [3.05, 3.63) is 23.8 Å². The molecule has 0 bridgehead atoms. The minimum Gasteiger partial charge on any atom is -0.476 e. The van der Waals surface area contributed by atoms with Crippen molar-refractivity contribution in [2.24, 2.45) is 5.92 Å². The molecule has 1 heterocycles. The molecule has 1 aliphatic rings. The van der Waals surface area contributed by atoms with E-state index in [1.807, 2.05) is 0 Å². The number of aromatic carboxylic acids is 1. The Hall–Kier alpha value is -2.34. The van der Waals surface area contributed by atoms with Crippen LogP contribution in [0.5, 0.6) is 0 Å². The van der Waals surface area contributed by atoms with Crippen LogP contribution in [0.25, 0.3) is 0 Å². The third-order valence-electron chi connectivity index (χ3n) is 4.68. The average Bonchev–Trinajstić information content (AvgIpc) is 2.75. The van der Waals surface area contributed by atoms with Gasteiger partial charge in [-0.1, -0.05) is 21.6 Å². The quantitative estimate of drug-likeness (QED) is 0.276. The largest absolute Gasteiger partial charge is 0.476 e. The molecule has 0 aromatic carbocycles. The highest BCUT2D eigenvalue weighted by Crippen LogP contribution is 2.25. The average molecular weight is 470 g/mol. The second kappa shape index (κ2) is 13.2. The summed E-state index contributed by atoms with van der Waals surface area (Å²) in [5.41, 5.74) is -0.582. The molecule has 0 atom stereocenters. The Morgan fingerprint density at radius 2 is 1.55 bits per heavy atom. The highest BCUT2D eigenvalue weighted by Gasteiger charge is 2.28. The van der Waals surface area contributed by atoms with Crippen LogP contribution >= 0.6 is 21.6 Å². The van der Waals surface area contributed by atoms with Gasteiger partial charge in [0.05, 0.1) is 0 Å². The van der Waals surface area contributed by atoms with E-state index in [9.17, 15) is 19.2 Å². The lowest BCUT2D eigenvalue weighted by molar-refractivity contribution is -0.126. The van der Waals surface area contributed by atoms with Crippen molar-refractivity contribution in [3.8, 4) is 0 Å². The molecule has 170 valence electrons. The van der Waals surface area contributed by atoms with E-state index in [0.29, 0.717) is 38.8 Å². The van der Waals surface area contributed by atoms with Gasteiger partial charge in [-0.2, -0.15) is 0 Å². The van der Waals surface area contributed by atoms with Gasteiger partial charge in [0, 0.05) is 55.9 Å². The molecule has 3 amide bonds. The zero-order valence-corrected chi connectivity index (χ0v) is 18.9. The van der Waals surface area contributed by atoms with E-state index in [1.54, 1.807) is 21.6 Å². The van der Waals surface area contributed by atoms with Crippen LogP contribution in [0.15, 0.2) is 12.4 Å². The summed E-state index contributed by atoms with van der Waals surface area (Å²) in [5.74, 6) is -0.366. The van der Waals surface area contributed by atoms with Gasteiger partial charge in [0.15, 0.2) is 11.4 Å². The molecule has 10 nitrogen and oxygen atoms in total. The first-order chi connectivity index (χ1) is 14.9. The molecule has 12 heteroatoms. The summed E-state index contributed by atoms with van der Waals surface area (Å²) in [6, 6.07) is -0.129. The van der Waals surface area contributed by atoms with Crippen molar-refractivity contribution in [2.75, 3.05) is 24.6 Å². The number of aromatic nitrogens is 2. The molecule has 1 aromatic rings. The van der Waals surface area contributed by atoms with E-state index in [-0.39, 0.29) is 35.2 Å². The molecule has 0 spiro atoms. The van der Waals surface area contributed by atoms with Gasteiger partial charge >= 0.3 is 5.97 Å². The second-order valence-corrected chi connectivity index (χ2v) is 9.70. The van der Waals surface area contributed by atoms with Gasteiger partial charge < -0.3 is 21.1 Å². The monoisotopic (exact) mass is 469 g/mol. The van der Waals surface area contributed by atoms with E-state index in [1.165, 1.54) is 19.3 Å². The first-order valence-corrected chi connectivity index (χ1v) is 12.5. The van der Waals surface area contributed by atoms with Crippen LogP contribution in [0.2, 0.25) is 0 Å². The van der Waals surface area contributed by atoms with Gasteiger partial charge in [-0.05, 0) is 25.7 Å². The Labute approximate surface area is 188 Å². The van der Waals surface area contributed by atoms with Crippen molar-refractivity contribution >= 4 is 45.3 Å². The first-order valence-electron chi connectivity index (χ1n) is 10.00. The van der Waals surface area contributed by atoms with Crippen LogP contribution < -0.4 is 16.0 Å². The first kappa shape index (κ1) is 24.9. The molecule has 4 N–H and O–H groups in total. The predicted octanol–water partition coefficient (Wildman–Crippen LogP) is 1.10. The fourth-order valence-corrected chi connectivity index (χ4v) is 4.97. The van der Waals surface area contributed by atoms with Gasteiger partial charge in [-0.25, -0.2) is 14.8 Å². The molecular weight excluding hydrogens is 442 g/mol. The third-order valence-corrected chi connectivity index (χ3v) is 7.08. The lowest BCUT2D eigenvalue weighted by Gasteiger charge is -2.28. The number of nitrogens with zero attached hydrogens (tertiary/aromatic N) is 2. The Morgan fingerprint density at radius 1 is 0.968 bits per heavy atom. The maximum atomic E-state index is 12.4. The molecule has 1 aromatic heterocycles. The number of nitrogens with one attached hydrogen (secondary N) is 3. The third kappa shape index (κ3) is 8.74. The Morgan fingerprint density at radius 3 is 2.13 bits per heavy atom. The van der Waals surface area contributed by atoms with E-state index in [0.717, 1.165) is 11.5 Å². The number of carbonyl (C=O) groups excluding carboxylic acids is 3. The molecule has 31 heavy (non-hydrogen) atoms. The number of amides is 3. The molecular formula is C19H27N5O5S2. The highest BCUT2D eigenvalue weighted by molar-refractivity contribution is 8.76. The Kier molecular flexibility index (Phi) is 10.6. The molecule has 0 aliphatic heterocycles. The number of hydrogen-bond donors (Lipinski definition) is 4. The van der Waals surface area contributed by atoms with Crippen molar-refractivity contribution in [2.45, 2.75) is 38.6 Å². The summed E-state index contributed by atoms with van der Waals surface area (Å²) < 4.78 is 0. The van der Waals surface area contributed by atoms with Crippen LogP contribution in [-0.4, -0.2) is 69.4 Å². The number of carboxylic acid groups (broad SMARTS) is 1. The Balaban J connectivity index is 1.63. The fourth-order valence-electron chi connectivity index (χ4n) is 3.16. The predicted molar refractivity (Wildman–Crippen MR) is 119 cm³/mol. The number of carboxylic acids is 1. The normalized spacial score (nSPS) is 18.1. The summed E-state index contributed by atoms with van der Waals surface area (Å²) in [4.78, 5) is 54.2. The summed E-state index contributed by atoms with van der Waals surface area (Å²) in [6.07, 6.45) is 5.10. The minimum absolute atomic E-state index is 0.0238. The molecule has 0 radical (unpaired) electrons. The van der Waals surface area contributed by atoms with E-state index >= 15 is 0 Å². The second-order valence-electron chi connectivity index (χ2n) is 7.00. The van der Waals surface area contributed by atoms with Gasteiger partial charge in [-0.3, -0.25) is 14.4 Å². The van der Waals surface area contributed by atoms with Crippen LogP contribution in [0.3, 0.4) is 0 Å². The van der Waals surface area contributed by atoms with Gasteiger partial charge in [0.25, 0.3) is 5.91 Å². The zero-order valence-electron chi connectivity index (χ0n) is 17.3. The maximum absolute atomic E-state index is 12.4. The molecule has 0 saturated heterocycles. The van der Waals surface area contributed by atoms with Crippen LogP contribution in [0.1, 0.15) is 53.6 Å². The van der Waals surface area contributed by atoms with Gasteiger partial charge in [0.2, 0.25) is 11.8 Å². The van der Waals surface area contributed by atoms with Crippen molar-refractivity contribution in [1.29, 1.82) is 0 Å². The standard InChI is InChI=1S/C19H27N5O5S2/c1-12(25)20-8-10-30-31-11-9-23-17(26)13-2-4-14(5-3-13)24-18(27)15-16(19(28)29)22-7-6-21-15/h6-7,13-14H,2-5,8-11H2,1H3,(H,20,25)(H,23,26)(H,24,27)(H,28,29). The topological polar surface area (TPSA) is 150 Å². The summed E-state index contributed by atoms with van der Waals surface area (Å²) in [7, 11) is 3.31. The molecule has 1 aliphatic carbocycles. The summed E-state index contributed by atoms with van der Waals surface area (Å²) in [6.45, 7) is 2.70. The molecule has 1 fully saturated rings. The molecule has 0 unspecified atom stereocenters. The molecule has 2 rings (SSSR count).